The summed E-state index contributed by atoms with van der Waals surface area (Å²) < 4.78 is 2.01. The molecule has 1 aliphatic rings. The van der Waals surface area contributed by atoms with Crippen LogP contribution in [0.5, 0.6) is 0 Å². The number of carbonyl (C=O) groups is 2. The number of aromatic nitrogens is 2. The van der Waals surface area contributed by atoms with Crippen molar-refractivity contribution in [3.05, 3.63) is 35.3 Å². The number of rotatable bonds is 2. The van der Waals surface area contributed by atoms with Crippen LogP contribution in [-0.4, -0.2) is 57.2 Å². The van der Waals surface area contributed by atoms with E-state index in [1.165, 1.54) is 0 Å². The predicted molar refractivity (Wildman–Crippen MR) is 87.2 cm³/mol. The molecule has 2 aromatic rings. The van der Waals surface area contributed by atoms with Crippen LogP contribution in [0.25, 0.3) is 5.65 Å². The molecule has 3 heterocycles. The van der Waals surface area contributed by atoms with Gasteiger partial charge in [0.15, 0.2) is 0 Å². The van der Waals surface area contributed by atoms with Crippen LogP contribution in [0.3, 0.4) is 0 Å². The average molecular weight is 314 g/mol. The second-order valence-corrected chi connectivity index (χ2v) is 6.09. The first kappa shape index (κ1) is 15.5. The van der Waals surface area contributed by atoms with Crippen molar-refractivity contribution >= 4 is 17.5 Å². The van der Waals surface area contributed by atoms with E-state index in [-0.39, 0.29) is 11.8 Å². The first-order valence-corrected chi connectivity index (χ1v) is 7.94. The summed E-state index contributed by atoms with van der Waals surface area (Å²) in [5, 5.41) is 0. The predicted octanol–water partition coefficient (Wildman–Crippen LogP) is 1.18. The number of piperazine rings is 1. The molecule has 0 unspecified atom stereocenters. The number of hydrogen-bond acceptors (Lipinski definition) is 3. The molecular formula is C17H22N4O2. The van der Waals surface area contributed by atoms with Crippen LogP contribution >= 0.6 is 0 Å². The highest BCUT2D eigenvalue weighted by molar-refractivity contribution is 5.80. The van der Waals surface area contributed by atoms with Gasteiger partial charge in [0.05, 0.1) is 17.8 Å². The first-order valence-electron chi connectivity index (χ1n) is 7.94. The molecule has 0 bridgehead atoms. The monoisotopic (exact) mass is 314 g/mol. The van der Waals surface area contributed by atoms with Gasteiger partial charge in [0.25, 0.3) is 0 Å². The third-order valence-corrected chi connectivity index (χ3v) is 4.54. The van der Waals surface area contributed by atoms with Gasteiger partial charge in [0.2, 0.25) is 11.8 Å². The van der Waals surface area contributed by atoms with Gasteiger partial charge in [-0.3, -0.25) is 9.59 Å². The van der Waals surface area contributed by atoms with Crippen molar-refractivity contribution in [2.75, 3.05) is 26.2 Å². The molecule has 2 amide bonds. The van der Waals surface area contributed by atoms with E-state index >= 15 is 0 Å². The van der Waals surface area contributed by atoms with E-state index in [1.807, 2.05) is 41.5 Å². The van der Waals surface area contributed by atoms with Crippen LogP contribution in [0.1, 0.15) is 23.9 Å². The number of pyridine rings is 1. The second-order valence-electron chi connectivity index (χ2n) is 6.09. The number of aryl methyl sites for hydroxylation is 2. The zero-order valence-corrected chi connectivity index (χ0v) is 13.9. The Labute approximate surface area is 135 Å². The Morgan fingerprint density at radius 3 is 2.43 bits per heavy atom. The van der Waals surface area contributed by atoms with Crippen molar-refractivity contribution in [2.24, 2.45) is 0 Å². The van der Waals surface area contributed by atoms with Gasteiger partial charge in [-0.05, 0) is 25.5 Å². The average Bonchev–Trinajstić information content (AvgIpc) is 2.85. The van der Waals surface area contributed by atoms with Gasteiger partial charge in [0, 0.05) is 39.3 Å². The van der Waals surface area contributed by atoms with E-state index in [1.54, 1.807) is 11.8 Å². The lowest BCUT2D eigenvalue weighted by molar-refractivity contribution is -0.138. The van der Waals surface area contributed by atoms with Crippen LogP contribution in [0.15, 0.2) is 18.3 Å². The number of carbonyl (C=O) groups excluding carboxylic acids is 2. The maximum absolute atomic E-state index is 12.6. The molecule has 0 spiro atoms. The number of nitrogens with zero attached hydrogens (tertiary/aromatic N) is 4. The minimum atomic E-state index is 0.0743. The van der Waals surface area contributed by atoms with Crippen LogP contribution in [-0.2, 0) is 16.0 Å². The van der Waals surface area contributed by atoms with Crippen LogP contribution < -0.4 is 0 Å². The Hall–Kier alpha value is -2.37. The third kappa shape index (κ3) is 2.93. The molecule has 1 aliphatic heterocycles. The number of hydrogen-bond donors (Lipinski definition) is 0. The maximum Gasteiger partial charge on any atom is 0.228 e. The summed E-state index contributed by atoms with van der Waals surface area (Å²) >= 11 is 0. The van der Waals surface area contributed by atoms with Gasteiger partial charge < -0.3 is 14.2 Å². The molecule has 0 saturated carbocycles. The third-order valence-electron chi connectivity index (χ3n) is 4.54. The summed E-state index contributed by atoms with van der Waals surface area (Å²) in [6.45, 7) is 7.98. The summed E-state index contributed by atoms with van der Waals surface area (Å²) in [4.78, 5) is 32.2. The second kappa shape index (κ2) is 6.02. The van der Waals surface area contributed by atoms with E-state index in [0.29, 0.717) is 32.6 Å². The van der Waals surface area contributed by atoms with Gasteiger partial charge in [-0.1, -0.05) is 6.07 Å². The topological polar surface area (TPSA) is 57.9 Å². The highest BCUT2D eigenvalue weighted by Gasteiger charge is 2.24. The van der Waals surface area contributed by atoms with Gasteiger partial charge >= 0.3 is 0 Å². The van der Waals surface area contributed by atoms with Gasteiger partial charge in [-0.2, -0.15) is 0 Å². The zero-order chi connectivity index (χ0) is 16.6. The van der Waals surface area contributed by atoms with Crippen molar-refractivity contribution in [3.63, 3.8) is 0 Å². The zero-order valence-electron chi connectivity index (χ0n) is 13.9. The van der Waals surface area contributed by atoms with Crippen LogP contribution in [0.4, 0.5) is 0 Å². The minimum Gasteiger partial charge on any atom is -0.339 e. The van der Waals surface area contributed by atoms with Gasteiger partial charge in [-0.25, -0.2) is 4.98 Å². The first-order chi connectivity index (χ1) is 11.0. The lowest BCUT2D eigenvalue weighted by atomic mass is 10.2. The van der Waals surface area contributed by atoms with Crippen LogP contribution in [0.2, 0.25) is 0 Å². The molecule has 0 aliphatic carbocycles. The van der Waals surface area contributed by atoms with E-state index in [2.05, 4.69) is 4.98 Å². The molecule has 0 radical (unpaired) electrons. The van der Waals surface area contributed by atoms with Crippen molar-refractivity contribution in [2.45, 2.75) is 27.2 Å². The van der Waals surface area contributed by atoms with Crippen molar-refractivity contribution in [3.8, 4) is 0 Å². The molecular weight excluding hydrogens is 292 g/mol. The van der Waals surface area contributed by atoms with Crippen molar-refractivity contribution < 1.29 is 9.59 Å². The lowest BCUT2D eigenvalue weighted by Crippen LogP contribution is -2.50. The Morgan fingerprint density at radius 2 is 1.78 bits per heavy atom. The largest absolute Gasteiger partial charge is 0.339 e. The summed E-state index contributed by atoms with van der Waals surface area (Å²) in [7, 11) is 0. The molecule has 122 valence electrons. The highest BCUT2D eigenvalue weighted by atomic mass is 16.2. The van der Waals surface area contributed by atoms with Crippen LogP contribution in [0, 0.1) is 13.8 Å². The molecule has 2 aromatic heterocycles. The molecule has 0 N–H and O–H groups in total. The molecule has 23 heavy (non-hydrogen) atoms. The minimum absolute atomic E-state index is 0.0743. The van der Waals surface area contributed by atoms with Crippen molar-refractivity contribution in [1.29, 1.82) is 0 Å². The summed E-state index contributed by atoms with van der Waals surface area (Å²) in [6, 6.07) is 4.00. The normalized spacial score (nSPS) is 15.3. The summed E-state index contributed by atoms with van der Waals surface area (Å²) in [5.41, 5.74) is 3.86. The molecule has 0 aromatic carbocycles. The lowest BCUT2D eigenvalue weighted by Gasteiger charge is -2.34. The Kier molecular flexibility index (Phi) is 4.07. The Bertz CT molecular complexity index is 757. The number of fused-ring (bicyclic) bond motifs is 1. The fraction of sp³-hybridized carbons (Fsp3) is 0.471. The van der Waals surface area contributed by atoms with Crippen molar-refractivity contribution in [1.82, 2.24) is 19.2 Å². The Balaban J connectivity index is 1.75. The molecule has 6 nitrogen and oxygen atoms in total. The molecule has 3 rings (SSSR count). The van der Waals surface area contributed by atoms with Gasteiger partial charge in [0.1, 0.15) is 5.65 Å². The molecule has 0 atom stereocenters. The Morgan fingerprint density at radius 1 is 1.13 bits per heavy atom. The SMILES string of the molecule is CC(=O)N1CCN(C(=O)Cc2c(C)nc3c(C)cccn23)CC1. The molecule has 1 saturated heterocycles. The highest BCUT2D eigenvalue weighted by Crippen LogP contribution is 2.17. The number of imidazole rings is 1. The standard InChI is InChI=1S/C17H22N4O2/c1-12-5-4-6-21-15(13(2)18-17(12)21)11-16(23)20-9-7-19(8-10-20)14(3)22/h4-6H,7-11H2,1-3H3. The van der Waals surface area contributed by atoms with E-state index in [9.17, 15) is 9.59 Å². The van der Waals surface area contributed by atoms with E-state index < -0.39 is 0 Å². The van der Waals surface area contributed by atoms with E-state index in [0.717, 1.165) is 22.6 Å². The fourth-order valence-corrected chi connectivity index (χ4v) is 3.10. The summed E-state index contributed by atoms with van der Waals surface area (Å²) in [5.74, 6) is 0.171. The number of amides is 2. The molecule has 6 heteroatoms. The fourth-order valence-electron chi connectivity index (χ4n) is 3.10. The molecule has 1 fully saturated rings. The van der Waals surface area contributed by atoms with Gasteiger partial charge in [-0.15, -0.1) is 0 Å². The van der Waals surface area contributed by atoms with E-state index in [4.69, 9.17) is 0 Å². The smallest absolute Gasteiger partial charge is 0.228 e. The quantitative estimate of drug-likeness (QED) is 0.836. The maximum atomic E-state index is 12.6. The summed E-state index contributed by atoms with van der Waals surface area (Å²) in [6.07, 6.45) is 2.30.